The van der Waals surface area contributed by atoms with Crippen LogP contribution in [0.4, 0.5) is 5.69 Å². The first kappa shape index (κ1) is 17.1. The first-order chi connectivity index (χ1) is 14.2. The molecule has 0 saturated heterocycles. The van der Waals surface area contributed by atoms with Crippen molar-refractivity contribution < 1.29 is 4.79 Å². The number of nitrogens with zero attached hydrogens (tertiary/aromatic N) is 4. The SMILES string of the molecule is Cc1ccc(-n2nc3ccc(NC(=O)c4cccc5ncccc45)cc3n2)cc1. The Morgan fingerprint density at radius 2 is 1.69 bits per heavy atom. The Morgan fingerprint density at radius 3 is 2.55 bits per heavy atom. The first-order valence-corrected chi connectivity index (χ1v) is 9.27. The van der Waals surface area contributed by atoms with Gasteiger partial charge in [0.2, 0.25) is 0 Å². The number of rotatable bonds is 3. The summed E-state index contributed by atoms with van der Waals surface area (Å²) in [6, 6.07) is 22.8. The molecule has 0 radical (unpaired) electrons. The molecule has 3 aromatic carbocycles. The second-order valence-electron chi connectivity index (χ2n) is 6.86. The fourth-order valence-corrected chi connectivity index (χ4v) is 3.29. The van der Waals surface area contributed by atoms with Gasteiger partial charge in [-0.25, -0.2) is 0 Å². The van der Waals surface area contributed by atoms with Crippen molar-refractivity contribution in [1.29, 1.82) is 0 Å². The van der Waals surface area contributed by atoms with Gasteiger partial charge in [-0.3, -0.25) is 9.78 Å². The monoisotopic (exact) mass is 379 g/mol. The van der Waals surface area contributed by atoms with Crippen LogP contribution < -0.4 is 5.32 Å². The molecular weight excluding hydrogens is 362 g/mol. The van der Waals surface area contributed by atoms with E-state index in [1.54, 1.807) is 17.1 Å². The summed E-state index contributed by atoms with van der Waals surface area (Å²) in [7, 11) is 0. The van der Waals surface area contributed by atoms with Crippen molar-refractivity contribution in [3.63, 3.8) is 0 Å². The molecule has 2 heterocycles. The molecule has 0 unspecified atom stereocenters. The van der Waals surface area contributed by atoms with Gasteiger partial charge in [-0.05, 0) is 55.5 Å². The Bertz CT molecular complexity index is 1350. The summed E-state index contributed by atoms with van der Waals surface area (Å²) in [4.78, 5) is 18.8. The van der Waals surface area contributed by atoms with E-state index in [-0.39, 0.29) is 5.91 Å². The van der Waals surface area contributed by atoms with Crippen LogP contribution in [0.15, 0.2) is 79.0 Å². The quantitative estimate of drug-likeness (QED) is 0.500. The zero-order valence-corrected chi connectivity index (χ0v) is 15.7. The summed E-state index contributed by atoms with van der Waals surface area (Å²) in [5, 5.41) is 12.8. The van der Waals surface area contributed by atoms with Crippen molar-refractivity contribution in [2.75, 3.05) is 5.32 Å². The average Bonchev–Trinajstić information content (AvgIpc) is 3.17. The van der Waals surface area contributed by atoms with Crippen molar-refractivity contribution in [1.82, 2.24) is 20.0 Å². The first-order valence-electron chi connectivity index (χ1n) is 9.27. The van der Waals surface area contributed by atoms with Gasteiger partial charge in [0.15, 0.2) is 0 Å². The number of hydrogen-bond acceptors (Lipinski definition) is 4. The van der Waals surface area contributed by atoms with Gasteiger partial charge in [0, 0.05) is 22.8 Å². The largest absolute Gasteiger partial charge is 0.322 e. The minimum absolute atomic E-state index is 0.186. The van der Waals surface area contributed by atoms with Crippen LogP contribution in [0.25, 0.3) is 27.6 Å². The van der Waals surface area contributed by atoms with Gasteiger partial charge in [-0.15, -0.1) is 10.2 Å². The van der Waals surface area contributed by atoms with E-state index in [1.165, 1.54) is 5.56 Å². The Labute approximate surface area is 166 Å². The van der Waals surface area contributed by atoms with Crippen LogP contribution >= 0.6 is 0 Å². The normalized spacial score (nSPS) is 11.1. The van der Waals surface area contributed by atoms with E-state index in [0.717, 1.165) is 22.1 Å². The number of anilines is 1. The fraction of sp³-hybridized carbons (Fsp3) is 0.0435. The highest BCUT2D eigenvalue weighted by Crippen LogP contribution is 2.21. The van der Waals surface area contributed by atoms with E-state index in [4.69, 9.17) is 0 Å². The summed E-state index contributed by atoms with van der Waals surface area (Å²) < 4.78 is 0. The summed E-state index contributed by atoms with van der Waals surface area (Å²) in [5.41, 5.74) is 5.58. The number of aromatic nitrogens is 4. The molecule has 29 heavy (non-hydrogen) atoms. The zero-order chi connectivity index (χ0) is 19.8. The molecular formula is C23H17N5O. The third-order valence-electron chi connectivity index (χ3n) is 4.79. The third-order valence-corrected chi connectivity index (χ3v) is 4.79. The molecule has 0 aliphatic heterocycles. The number of carbonyl (C=O) groups excluding carboxylic acids is 1. The lowest BCUT2D eigenvalue weighted by molar-refractivity contribution is 0.102. The molecule has 1 amide bonds. The van der Waals surface area contributed by atoms with Gasteiger partial charge in [0.25, 0.3) is 5.91 Å². The predicted octanol–water partition coefficient (Wildman–Crippen LogP) is 4.53. The lowest BCUT2D eigenvalue weighted by Gasteiger charge is -2.07. The minimum Gasteiger partial charge on any atom is -0.322 e. The van der Waals surface area contributed by atoms with E-state index in [0.29, 0.717) is 16.8 Å². The van der Waals surface area contributed by atoms with Gasteiger partial charge in [0.05, 0.1) is 11.2 Å². The number of pyridine rings is 1. The van der Waals surface area contributed by atoms with Gasteiger partial charge >= 0.3 is 0 Å². The molecule has 0 fully saturated rings. The highest BCUT2D eigenvalue weighted by Gasteiger charge is 2.12. The molecule has 140 valence electrons. The standard InChI is InChI=1S/C23H17N5O/c1-15-7-10-17(11-8-15)28-26-21-12-9-16(14-22(21)27-28)25-23(29)19-4-2-6-20-18(19)5-3-13-24-20/h2-14H,1H3,(H,25,29). The maximum atomic E-state index is 12.8. The van der Waals surface area contributed by atoms with E-state index >= 15 is 0 Å². The Hall–Kier alpha value is -4.06. The summed E-state index contributed by atoms with van der Waals surface area (Å²) in [6.45, 7) is 2.04. The highest BCUT2D eigenvalue weighted by molar-refractivity contribution is 6.12. The van der Waals surface area contributed by atoms with E-state index in [9.17, 15) is 4.79 Å². The summed E-state index contributed by atoms with van der Waals surface area (Å²) >= 11 is 0. The van der Waals surface area contributed by atoms with Crippen molar-refractivity contribution in [2.24, 2.45) is 0 Å². The second-order valence-corrected chi connectivity index (χ2v) is 6.86. The Kier molecular flexibility index (Phi) is 4.02. The fourth-order valence-electron chi connectivity index (χ4n) is 3.29. The number of amides is 1. The van der Waals surface area contributed by atoms with Crippen molar-refractivity contribution >= 4 is 33.5 Å². The second kappa shape index (κ2) is 6.83. The lowest BCUT2D eigenvalue weighted by Crippen LogP contribution is -2.12. The molecule has 5 rings (SSSR count). The number of benzene rings is 3. The minimum atomic E-state index is -0.186. The summed E-state index contributed by atoms with van der Waals surface area (Å²) in [5.74, 6) is -0.186. The van der Waals surface area contributed by atoms with Crippen LogP contribution in [0, 0.1) is 6.92 Å². The molecule has 0 spiro atoms. The maximum Gasteiger partial charge on any atom is 0.256 e. The van der Waals surface area contributed by atoms with Crippen molar-refractivity contribution in [2.45, 2.75) is 6.92 Å². The van der Waals surface area contributed by atoms with E-state index in [2.05, 4.69) is 20.5 Å². The molecule has 0 aliphatic rings. The smallest absolute Gasteiger partial charge is 0.256 e. The average molecular weight is 379 g/mol. The topological polar surface area (TPSA) is 72.7 Å². The molecule has 0 aliphatic carbocycles. The highest BCUT2D eigenvalue weighted by atomic mass is 16.1. The van der Waals surface area contributed by atoms with Crippen molar-refractivity contribution in [3.05, 3.63) is 90.1 Å². The molecule has 5 aromatic rings. The van der Waals surface area contributed by atoms with Gasteiger partial charge < -0.3 is 5.32 Å². The number of nitrogens with one attached hydrogen (secondary N) is 1. The van der Waals surface area contributed by atoms with Crippen LogP contribution in [0.2, 0.25) is 0 Å². The van der Waals surface area contributed by atoms with E-state index < -0.39 is 0 Å². The molecule has 6 nitrogen and oxygen atoms in total. The lowest BCUT2D eigenvalue weighted by atomic mass is 10.1. The number of carbonyl (C=O) groups is 1. The molecule has 0 bridgehead atoms. The van der Waals surface area contributed by atoms with Crippen LogP contribution in [-0.4, -0.2) is 25.9 Å². The summed E-state index contributed by atoms with van der Waals surface area (Å²) in [6.07, 6.45) is 1.72. The van der Waals surface area contributed by atoms with Crippen LogP contribution in [-0.2, 0) is 0 Å². The predicted molar refractivity (Wildman–Crippen MR) is 113 cm³/mol. The van der Waals surface area contributed by atoms with Crippen LogP contribution in [0.5, 0.6) is 0 Å². The number of aryl methyl sites for hydroxylation is 1. The van der Waals surface area contributed by atoms with Gasteiger partial charge in [-0.2, -0.15) is 4.80 Å². The zero-order valence-electron chi connectivity index (χ0n) is 15.7. The molecule has 6 heteroatoms. The van der Waals surface area contributed by atoms with Crippen LogP contribution in [0.1, 0.15) is 15.9 Å². The van der Waals surface area contributed by atoms with Crippen LogP contribution in [0.3, 0.4) is 0 Å². The van der Waals surface area contributed by atoms with Gasteiger partial charge in [0.1, 0.15) is 11.0 Å². The number of fused-ring (bicyclic) bond motifs is 2. The van der Waals surface area contributed by atoms with Gasteiger partial charge in [-0.1, -0.05) is 29.8 Å². The van der Waals surface area contributed by atoms with E-state index in [1.807, 2.05) is 73.7 Å². The molecule has 0 atom stereocenters. The molecule has 1 N–H and O–H groups in total. The Morgan fingerprint density at radius 1 is 0.862 bits per heavy atom. The Balaban J connectivity index is 1.46. The maximum absolute atomic E-state index is 12.8. The third kappa shape index (κ3) is 3.21. The molecule has 2 aromatic heterocycles. The molecule has 0 saturated carbocycles. The van der Waals surface area contributed by atoms with Crippen molar-refractivity contribution in [3.8, 4) is 5.69 Å². The number of hydrogen-bond donors (Lipinski definition) is 1.